The van der Waals surface area contributed by atoms with Crippen molar-refractivity contribution in [3.05, 3.63) is 65.7 Å². The molecule has 0 saturated heterocycles. The average Bonchev–Trinajstić information content (AvgIpc) is 2.44. The smallest absolute Gasteiger partial charge is 0.128 e. The number of para-hydroxylation sites is 1. The number of ether oxygens (including phenoxy) is 1. The zero-order chi connectivity index (χ0) is 14.4. The molecule has 0 aliphatic heterocycles. The molecule has 0 heterocycles. The molecule has 2 nitrogen and oxygen atoms in total. The van der Waals surface area contributed by atoms with Crippen molar-refractivity contribution in [1.29, 1.82) is 0 Å². The molecular formula is C18H21NO. The predicted molar refractivity (Wildman–Crippen MR) is 84.6 cm³/mol. The third-order valence-electron chi connectivity index (χ3n) is 2.75. The first-order valence-electron chi connectivity index (χ1n) is 6.85. The summed E-state index contributed by atoms with van der Waals surface area (Å²) in [6.45, 7) is 6.81. The molecule has 0 aromatic heterocycles. The monoisotopic (exact) mass is 267 g/mol. The van der Waals surface area contributed by atoms with Gasteiger partial charge in [-0.1, -0.05) is 42.5 Å². The van der Waals surface area contributed by atoms with Gasteiger partial charge < -0.3 is 4.74 Å². The fraction of sp³-hybridized carbons (Fsp3) is 0.278. The highest BCUT2D eigenvalue weighted by molar-refractivity contribution is 5.83. The molecule has 2 aromatic carbocycles. The minimum Gasteiger partial charge on any atom is -0.488 e. The van der Waals surface area contributed by atoms with Gasteiger partial charge in [-0.05, 0) is 38.5 Å². The molecule has 0 amide bonds. The van der Waals surface area contributed by atoms with Gasteiger partial charge in [0.1, 0.15) is 12.4 Å². The summed E-state index contributed by atoms with van der Waals surface area (Å²) in [6, 6.07) is 18.2. The maximum atomic E-state index is 5.90. The van der Waals surface area contributed by atoms with Crippen LogP contribution in [0.2, 0.25) is 0 Å². The number of aliphatic imine (C=N–C) groups is 1. The van der Waals surface area contributed by atoms with Crippen molar-refractivity contribution < 1.29 is 4.74 Å². The van der Waals surface area contributed by atoms with Crippen molar-refractivity contribution in [3.8, 4) is 5.75 Å². The lowest BCUT2D eigenvalue weighted by molar-refractivity contribution is 0.306. The normalized spacial score (nSPS) is 11.8. The molecule has 0 spiro atoms. The number of benzene rings is 2. The Labute approximate surface area is 121 Å². The summed E-state index contributed by atoms with van der Waals surface area (Å²) in [5, 5.41) is 0. The Balaban J connectivity index is 2.10. The van der Waals surface area contributed by atoms with Crippen LogP contribution in [0.3, 0.4) is 0 Å². The zero-order valence-corrected chi connectivity index (χ0v) is 12.3. The first kappa shape index (κ1) is 14.3. The summed E-state index contributed by atoms with van der Waals surface area (Å²) in [5.74, 6) is 0.865. The molecule has 2 aromatic rings. The van der Waals surface area contributed by atoms with Gasteiger partial charge in [0, 0.05) is 11.8 Å². The van der Waals surface area contributed by atoms with Gasteiger partial charge in [-0.25, -0.2) is 0 Å². The fourth-order valence-corrected chi connectivity index (χ4v) is 1.72. The molecule has 0 bridgehead atoms. The second-order valence-electron chi connectivity index (χ2n) is 5.74. The number of nitrogens with zero attached hydrogens (tertiary/aromatic N) is 1. The Morgan fingerprint density at radius 2 is 1.60 bits per heavy atom. The molecule has 0 saturated carbocycles. The van der Waals surface area contributed by atoms with Gasteiger partial charge in [-0.3, -0.25) is 4.99 Å². The van der Waals surface area contributed by atoms with Crippen molar-refractivity contribution in [1.82, 2.24) is 0 Å². The zero-order valence-electron chi connectivity index (χ0n) is 12.3. The average molecular weight is 267 g/mol. The third-order valence-corrected chi connectivity index (χ3v) is 2.75. The van der Waals surface area contributed by atoms with Gasteiger partial charge in [0.05, 0.1) is 5.54 Å². The molecule has 0 N–H and O–H groups in total. The lowest BCUT2D eigenvalue weighted by Crippen LogP contribution is -2.10. The molecule has 0 radical (unpaired) electrons. The predicted octanol–water partition coefficient (Wildman–Crippen LogP) is 4.48. The van der Waals surface area contributed by atoms with Crippen LogP contribution < -0.4 is 4.74 Å². The summed E-state index contributed by atoms with van der Waals surface area (Å²) >= 11 is 0. The van der Waals surface area contributed by atoms with E-state index >= 15 is 0 Å². The number of hydrogen-bond acceptors (Lipinski definition) is 2. The molecular weight excluding hydrogens is 246 g/mol. The summed E-state index contributed by atoms with van der Waals surface area (Å²) in [5.41, 5.74) is 2.10. The van der Waals surface area contributed by atoms with E-state index in [9.17, 15) is 0 Å². The molecule has 0 aliphatic carbocycles. The van der Waals surface area contributed by atoms with Crippen LogP contribution in [-0.2, 0) is 6.61 Å². The molecule has 0 atom stereocenters. The van der Waals surface area contributed by atoms with Gasteiger partial charge in [-0.15, -0.1) is 0 Å². The van der Waals surface area contributed by atoms with E-state index < -0.39 is 0 Å². The van der Waals surface area contributed by atoms with Crippen molar-refractivity contribution in [3.63, 3.8) is 0 Å². The molecule has 0 unspecified atom stereocenters. The van der Waals surface area contributed by atoms with E-state index in [1.807, 2.05) is 48.7 Å². The Morgan fingerprint density at radius 3 is 2.30 bits per heavy atom. The Hall–Kier alpha value is -2.09. The maximum absolute atomic E-state index is 5.90. The maximum Gasteiger partial charge on any atom is 0.128 e. The Bertz CT molecular complexity index is 567. The summed E-state index contributed by atoms with van der Waals surface area (Å²) in [7, 11) is 0. The van der Waals surface area contributed by atoms with Crippen LogP contribution in [0.15, 0.2) is 59.6 Å². The standard InChI is InChI=1S/C18H21NO/c1-18(2,3)19-13-16-11-7-8-12-17(16)20-14-15-9-5-4-6-10-15/h4-13H,14H2,1-3H3. The largest absolute Gasteiger partial charge is 0.488 e. The summed E-state index contributed by atoms with van der Waals surface area (Å²) < 4.78 is 5.90. The minimum absolute atomic E-state index is 0.0768. The van der Waals surface area contributed by atoms with E-state index in [4.69, 9.17) is 4.74 Å². The molecule has 0 fully saturated rings. The lowest BCUT2D eigenvalue weighted by atomic mass is 10.1. The highest BCUT2D eigenvalue weighted by Crippen LogP contribution is 2.18. The number of rotatable bonds is 4. The second-order valence-corrected chi connectivity index (χ2v) is 5.74. The van der Waals surface area contributed by atoms with Crippen LogP contribution >= 0.6 is 0 Å². The van der Waals surface area contributed by atoms with Crippen molar-refractivity contribution in [2.24, 2.45) is 4.99 Å². The molecule has 0 aliphatic rings. The van der Waals surface area contributed by atoms with E-state index in [1.54, 1.807) is 0 Å². The fourth-order valence-electron chi connectivity index (χ4n) is 1.72. The van der Waals surface area contributed by atoms with E-state index in [-0.39, 0.29) is 5.54 Å². The van der Waals surface area contributed by atoms with Crippen LogP contribution in [0.5, 0.6) is 5.75 Å². The van der Waals surface area contributed by atoms with Crippen molar-refractivity contribution in [2.75, 3.05) is 0 Å². The topological polar surface area (TPSA) is 21.6 Å². The first-order valence-corrected chi connectivity index (χ1v) is 6.85. The highest BCUT2D eigenvalue weighted by atomic mass is 16.5. The third kappa shape index (κ3) is 4.54. The summed E-state index contributed by atoms with van der Waals surface area (Å²) in [4.78, 5) is 4.54. The second kappa shape index (κ2) is 6.38. The molecule has 104 valence electrons. The quantitative estimate of drug-likeness (QED) is 0.748. The highest BCUT2D eigenvalue weighted by Gasteiger charge is 2.06. The van der Waals surface area contributed by atoms with Crippen molar-refractivity contribution >= 4 is 6.21 Å². The van der Waals surface area contributed by atoms with Crippen molar-refractivity contribution in [2.45, 2.75) is 32.9 Å². The molecule has 2 heteroatoms. The molecule has 20 heavy (non-hydrogen) atoms. The minimum atomic E-state index is -0.0768. The van der Waals surface area contributed by atoms with Gasteiger partial charge in [0.2, 0.25) is 0 Å². The van der Waals surface area contributed by atoms with Crippen LogP contribution in [0.25, 0.3) is 0 Å². The van der Waals surface area contributed by atoms with Crippen LogP contribution in [0, 0.1) is 0 Å². The van der Waals surface area contributed by atoms with E-state index in [0.717, 1.165) is 16.9 Å². The van der Waals surface area contributed by atoms with E-state index in [1.165, 1.54) is 0 Å². The van der Waals surface area contributed by atoms with Crippen LogP contribution in [0.4, 0.5) is 0 Å². The lowest BCUT2D eigenvalue weighted by Gasteiger charge is -2.13. The summed E-state index contributed by atoms with van der Waals surface area (Å²) in [6.07, 6.45) is 1.89. The van der Waals surface area contributed by atoms with Gasteiger partial charge in [-0.2, -0.15) is 0 Å². The van der Waals surface area contributed by atoms with Gasteiger partial charge >= 0.3 is 0 Å². The first-order chi connectivity index (χ1) is 9.54. The Morgan fingerprint density at radius 1 is 0.950 bits per heavy atom. The van der Waals surface area contributed by atoms with Gasteiger partial charge in [0.25, 0.3) is 0 Å². The Kier molecular flexibility index (Phi) is 4.57. The van der Waals surface area contributed by atoms with Gasteiger partial charge in [0.15, 0.2) is 0 Å². The van der Waals surface area contributed by atoms with Crippen LogP contribution in [0.1, 0.15) is 31.9 Å². The molecule has 2 rings (SSSR count). The van der Waals surface area contributed by atoms with E-state index in [2.05, 4.69) is 37.9 Å². The van der Waals surface area contributed by atoms with E-state index in [0.29, 0.717) is 6.61 Å². The SMILES string of the molecule is CC(C)(C)N=Cc1ccccc1OCc1ccccc1. The number of hydrogen-bond donors (Lipinski definition) is 0. The van der Waals surface area contributed by atoms with Crippen LogP contribution in [-0.4, -0.2) is 11.8 Å².